The van der Waals surface area contributed by atoms with Gasteiger partial charge in [0.25, 0.3) is 0 Å². The van der Waals surface area contributed by atoms with E-state index in [1.165, 1.54) is 5.69 Å². The molecule has 0 atom stereocenters. The minimum absolute atomic E-state index is 0.307. The monoisotopic (exact) mass is 187 g/mol. The van der Waals surface area contributed by atoms with Crippen molar-refractivity contribution in [2.24, 2.45) is 7.05 Å². The second kappa shape index (κ2) is 3.22. The van der Waals surface area contributed by atoms with Gasteiger partial charge in [-0.1, -0.05) is 12.1 Å². The first kappa shape index (κ1) is 8.88. The molecule has 14 heavy (non-hydrogen) atoms. The highest BCUT2D eigenvalue weighted by Crippen LogP contribution is 2.24. The Morgan fingerprint density at radius 2 is 1.93 bits per heavy atom. The topological polar surface area (TPSA) is 25.2 Å². The Morgan fingerprint density at radius 3 is 2.50 bits per heavy atom. The molecule has 0 spiro atoms. The van der Waals surface area contributed by atoms with Crippen LogP contribution in [0.15, 0.2) is 36.4 Å². The summed E-state index contributed by atoms with van der Waals surface area (Å²) in [4.78, 5) is 0. The van der Waals surface area contributed by atoms with Gasteiger partial charge in [-0.2, -0.15) is 0 Å². The lowest BCUT2D eigenvalue weighted by molar-refractivity contribution is 0.475. The molecule has 0 bridgehead atoms. The normalized spacial score (nSPS) is 10.4. The Kier molecular flexibility index (Phi) is 2.04. The van der Waals surface area contributed by atoms with E-state index in [1.807, 2.05) is 19.2 Å². The third-order valence-corrected chi connectivity index (χ3v) is 2.51. The molecule has 0 fully saturated rings. The molecule has 1 heterocycles. The number of benzene rings is 1. The Bertz CT molecular complexity index is 457. The van der Waals surface area contributed by atoms with Gasteiger partial charge in [0.2, 0.25) is 0 Å². The Morgan fingerprint density at radius 1 is 1.14 bits per heavy atom. The fourth-order valence-corrected chi connectivity index (χ4v) is 1.57. The van der Waals surface area contributed by atoms with Gasteiger partial charge in [-0.25, -0.2) is 0 Å². The summed E-state index contributed by atoms with van der Waals surface area (Å²) in [6, 6.07) is 11.4. The van der Waals surface area contributed by atoms with E-state index in [9.17, 15) is 5.11 Å². The van der Waals surface area contributed by atoms with Crippen LogP contribution >= 0.6 is 0 Å². The van der Waals surface area contributed by atoms with E-state index in [1.54, 1.807) is 12.1 Å². The number of aromatic hydroxyl groups is 1. The van der Waals surface area contributed by atoms with Gasteiger partial charge in [-0.15, -0.1) is 0 Å². The first-order valence-electron chi connectivity index (χ1n) is 4.60. The van der Waals surface area contributed by atoms with Crippen LogP contribution in [0.3, 0.4) is 0 Å². The maximum atomic E-state index is 9.36. The zero-order chi connectivity index (χ0) is 10.1. The van der Waals surface area contributed by atoms with Crippen molar-refractivity contribution in [3.05, 3.63) is 42.1 Å². The van der Waals surface area contributed by atoms with E-state index in [4.69, 9.17) is 0 Å². The molecule has 0 aliphatic carbocycles. The fourth-order valence-electron chi connectivity index (χ4n) is 1.57. The average Bonchev–Trinajstić information content (AvgIpc) is 2.48. The Balaban J connectivity index is 2.55. The van der Waals surface area contributed by atoms with Crippen LogP contribution in [0, 0.1) is 6.92 Å². The molecule has 2 nitrogen and oxygen atoms in total. The van der Waals surface area contributed by atoms with Crippen molar-refractivity contribution in [1.82, 2.24) is 4.57 Å². The third kappa shape index (κ3) is 1.39. The predicted molar refractivity (Wildman–Crippen MR) is 57.3 cm³/mol. The molecule has 2 aromatic rings. The molecular weight excluding hydrogens is 174 g/mol. The van der Waals surface area contributed by atoms with Gasteiger partial charge >= 0.3 is 0 Å². The van der Waals surface area contributed by atoms with Gasteiger partial charge in [0.15, 0.2) is 0 Å². The van der Waals surface area contributed by atoms with Crippen molar-refractivity contribution in [2.75, 3.05) is 0 Å². The van der Waals surface area contributed by atoms with Gasteiger partial charge in [0.05, 0.1) is 0 Å². The number of phenols is 1. The summed E-state index contributed by atoms with van der Waals surface area (Å²) in [6.07, 6.45) is 0. The summed E-state index contributed by atoms with van der Waals surface area (Å²) in [6.45, 7) is 2.06. The van der Waals surface area contributed by atoms with Gasteiger partial charge < -0.3 is 9.67 Å². The molecule has 0 saturated carbocycles. The minimum Gasteiger partial charge on any atom is -0.508 e. The molecule has 2 heteroatoms. The molecule has 1 aromatic heterocycles. The van der Waals surface area contributed by atoms with Crippen LogP contribution in [0.5, 0.6) is 5.75 Å². The van der Waals surface area contributed by atoms with Crippen LogP contribution in [0.1, 0.15) is 5.69 Å². The summed E-state index contributed by atoms with van der Waals surface area (Å²) in [5.41, 5.74) is 3.38. The first-order chi connectivity index (χ1) is 6.68. The van der Waals surface area contributed by atoms with E-state index < -0.39 is 0 Å². The summed E-state index contributed by atoms with van der Waals surface area (Å²) < 4.78 is 2.11. The molecule has 1 N–H and O–H groups in total. The van der Waals surface area contributed by atoms with Crippen molar-refractivity contribution in [3.8, 4) is 17.0 Å². The fraction of sp³-hybridized carbons (Fsp3) is 0.167. The van der Waals surface area contributed by atoms with Gasteiger partial charge in [0.1, 0.15) is 5.75 Å². The lowest BCUT2D eigenvalue weighted by atomic mass is 10.1. The lowest BCUT2D eigenvalue weighted by Gasteiger charge is -2.05. The lowest BCUT2D eigenvalue weighted by Crippen LogP contribution is -1.93. The molecule has 0 aliphatic rings. The van der Waals surface area contributed by atoms with Crippen molar-refractivity contribution in [2.45, 2.75) is 6.92 Å². The van der Waals surface area contributed by atoms with E-state index in [2.05, 4.69) is 23.6 Å². The van der Waals surface area contributed by atoms with Crippen molar-refractivity contribution in [3.63, 3.8) is 0 Å². The summed E-state index contributed by atoms with van der Waals surface area (Å²) in [5.74, 6) is 0.307. The van der Waals surface area contributed by atoms with Crippen LogP contribution in [0.4, 0.5) is 0 Å². The first-order valence-corrected chi connectivity index (χ1v) is 4.60. The van der Waals surface area contributed by atoms with Crippen molar-refractivity contribution in [1.29, 1.82) is 0 Å². The number of rotatable bonds is 1. The SMILES string of the molecule is Cc1ccc(-c2cccc(O)c2)n1C. The molecule has 1 aromatic carbocycles. The zero-order valence-corrected chi connectivity index (χ0v) is 8.36. The maximum Gasteiger partial charge on any atom is 0.116 e. The quantitative estimate of drug-likeness (QED) is 0.729. The van der Waals surface area contributed by atoms with Gasteiger partial charge in [0, 0.05) is 24.0 Å². The highest BCUT2D eigenvalue weighted by atomic mass is 16.3. The molecule has 0 aliphatic heterocycles. The number of hydrogen-bond donors (Lipinski definition) is 1. The maximum absolute atomic E-state index is 9.36. The number of nitrogens with zero attached hydrogens (tertiary/aromatic N) is 1. The second-order valence-corrected chi connectivity index (χ2v) is 3.47. The largest absolute Gasteiger partial charge is 0.508 e. The van der Waals surface area contributed by atoms with Gasteiger partial charge in [-0.3, -0.25) is 0 Å². The summed E-state index contributed by atoms with van der Waals surface area (Å²) >= 11 is 0. The van der Waals surface area contributed by atoms with Gasteiger partial charge in [-0.05, 0) is 31.2 Å². The standard InChI is InChI=1S/C12H13NO/c1-9-6-7-12(13(9)2)10-4-3-5-11(14)8-10/h3-8,14H,1-2H3. The molecule has 0 radical (unpaired) electrons. The molecule has 0 amide bonds. The van der Waals surface area contributed by atoms with E-state index in [0.717, 1.165) is 11.3 Å². The highest BCUT2D eigenvalue weighted by molar-refractivity contribution is 5.62. The molecule has 2 rings (SSSR count). The third-order valence-electron chi connectivity index (χ3n) is 2.51. The van der Waals surface area contributed by atoms with Crippen LogP contribution in [0.2, 0.25) is 0 Å². The summed E-state index contributed by atoms with van der Waals surface area (Å²) in [5, 5.41) is 9.36. The number of aryl methyl sites for hydroxylation is 1. The van der Waals surface area contributed by atoms with Crippen LogP contribution in [-0.4, -0.2) is 9.67 Å². The molecule has 72 valence electrons. The smallest absolute Gasteiger partial charge is 0.116 e. The van der Waals surface area contributed by atoms with Crippen LogP contribution in [-0.2, 0) is 7.05 Å². The summed E-state index contributed by atoms with van der Waals surface area (Å²) in [7, 11) is 2.02. The van der Waals surface area contributed by atoms with Crippen molar-refractivity contribution < 1.29 is 5.11 Å². The van der Waals surface area contributed by atoms with E-state index in [0.29, 0.717) is 5.75 Å². The predicted octanol–water partition coefficient (Wildman–Crippen LogP) is 2.71. The second-order valence-electron chi connectivity index (χ2n) is 3.47. The number of phenolic OH excluding ortho intramolecular Hbond substituents is 1. The molecule has 0 unspecified atom stereocenters. The van der Waals surface area contributed by atoms with E-state index >= 15 is 0 Å². The minimum atomic E-state index is 0.307. The number of hydrogen-bond acceptors (Lipinski definition) is 1. The van der Waals surface area contributed by atoms with Crippen molar-refractivity contribution >= 4 is 0 Å². The van der Waals surface area contributed by atoms with E-state index in [-0.39, 0.29) is 0 Å². The van der Waals surface area contributed by atoms with Crippen LogP contribution < -0.4 is 0 Å². The number of aromatic nitrogens is 1. The van der Waals surface area contributed by atoms with Crippen LogP contribution in [0.25, 0.3) is 11.3 Å². The average molecular weight is 187 g/mol. The Labute approximate surface area is 83.4 Å². The molecule has 0 saturated heterocycles. The Hall–Kier alpha value is -1.70. The molecular formula is C12H13NO. The highest BCUT2D eigenvalue weighted by Gasteiger charge is 2.03. The zero-order valence-electron chi connectivity index (χ0n) is 8.36.